The van der Waals surface area contributed by atoms with Crippen molar-refractivity contribution < 1.29 is 0 Å². The highest BCUT2D eigenvalue weighted by atomic mass is 14.8. The number of nitrogens with two attached hydrogens (primary N) is 1. The Morgan fingerprint density at radius 1 is 1.20 bits per heavy atom. The Hall–Kier alpha value is -2.59. The minimum absolute atomic E-state index is 0.0682. The summed E-state index contributed by atoms with van der Waals surface area (Å²) in [6.45, 7) is 0. The molecule has 72 valence electrons. The SMILES string of the molecule is N#C/C(N)=C(/C#N)N=Cc1ccccc1. The Bertz CT molecular complexity index is 472. The number of benzene rings is 1. The molecule has 0 bridgehead atoms. The highest BCUT2D eigenvalue weighted by Gasteiger charge is 1.97. The maximum atomic E-state index is 8.65. The van der Waals surface area contributed by atoms with E-state index in [-0.39, 0.29) is 11.4 Å². The maximum absolute atomic E-state index is 8.65. The second kappa shape index (κ2) is 5.21. The Morgan fingerprint density at radius 2 is 1.87 bits per heavy atom. The van der Waals surface area contributed by atoms with Gasteiger partial charge in [0.15, 0.2) is 5.70 Å². The fourth-order valence-corrected chi connectivity index (χ4v) is 0.890. The highest BCUT2D eigenvalue weighted by molar-refractivity contribution is 5.80. The molecule has 0 heterocycles. The van der Waals surface area contributed by atoms with Crippen LogP contribution in [0.25, 0.3) is 0 Å². The van der Waals surface area contributed by atoms with Crippen molar-refractivity contribution >= 4 is 6.21 Å². The third-order valence-electron chi connectivity index (χ3n) is 1.62. The van der Waals surface area contributed by atoms with Crippen LogP contribution in [0.3, 0.4) is 0 Å². The van der Waals surface area contributed by atoms with E-state index < -0.39 is 0 Å². The Kier molecular flexibility index (Phi) is 3.64. The van der Waals surface area contributed by atoms with Crippen LogP contribution in [0.2, 0.25) is 0 Å². The van der Waals surface area contributed by atoms with Crippen molar-refractivity contribution in [2.45, 2.75) is 0 Å². The highest BCUT2D eigenvalue weighted by Crippen LogP contribution is 2.00. The van der Waals surface area contributed by atoms with E-state index in [0.717, 1.165) is 5.56 Å². The molecule has 0 atom stereocenters. The van der Waals surface area contributed by atoms with Gasteiger partial charge in [-0.25, -0.2) is 4.99 Å². The Balaban J connectivity index is 2.93. The molecule has 15 heavy (non-hydrogen) atoms. The first-order valence-electron chi connectivity index (χ1n) is 4.17. The number of hydrogen-bond donors (Lipinski definition) is 1. The van der Waals surface area contributed by atoms with Gasteiger partial charge in [-0.3, -0.25) is 0 Å². The quantitative estimate of drug-likeness (QED) is 0.571. The molecular weight excluding hydrogens is 188 g/mol. The summed E-state index contributed by atoms with van der Waals surface area (Å²) < 4.78 is 0. The standard InChI is InChI=1S/C11H8N4/c12-6-10(14)11(7-13)15-8-9-4-2-1-3-5-9/h1-5,8H,14H2/b11-10+,15-8?. The average Bonchev–Trinajstić information content (AvgIpc) is 2.31. The van der Waals surface area contributed by atoms with Gasteiger partial charge in [0, 0.05) is 6.21 Å². The predicted molar refractivity (Wildman–Crippen MR) is 56.5 cm³/mol. The van der Waals surface area contributed by atoms with Gasteiger partial charge in [-0.05, 0) is 5.56 Å². The molecule has 0 fully saturated rings. The third-order valence-corrected chi connectivity index (χ3v) is 1.62. The Labute approximate surface area is 87.6 Å². The minimum Gasteiger partial charge on any atom is -0.388 e. The summed E-state index contributed by atoms with van der Waals surface area (Å²) in [5.74, 6) is 0. The fourth-order valence-electron chi connectivity index (χ4n) is 0.890. The number of nitrogens with zero attached hydrogens (tertiary/aromatic N) is 3. The monoisotopic (exact) mass is 196 g/mol. The average molecular weight is 196 g/mol. The first-order valence-corrected chi connectivity index (χ1v) is 4.17. The van der Waals surface area contributed by atoms with Crippen LogP contribution >= 0.6 is 0 Å². The van der Waals surface area contributed by atoms with Crippen molar-refractivity contribution in [3.8, 4) is 12.1 Å². The summed E-state index contributed by atoms with van der Waals surface area (Å²) in [5.41, 5.74) is 5.87. The molecule has 0 saturated heterocycles. The van der Waals surface area contributed by atoms with Crippen molar-refractivity contribution in [2.75, 3.05) is 0 Å². The molecule has 0 amide bonds. The van der Waals surface area contributed by atoms with Gasteiger partial charge in [0.25, 0.3) is 0 Å². The number of aliphatic imine (C=N–C) groups is 1. The molecule has 0 aromatic heterocycles. The summed E-state index contributed by atoms with van der Waals surface area (Å²) in [6, 6.07) is 12.7. The van der Waals surface area contributed by atoms with Crippen LogP contribution in [-0.4, -0.2) is 6.21 Å². The predicted octanol–water partition coefficient (Wildman–Crippen LogP) is 1.32. The van der Waals surface area contributed by atoms with E-state index in [1.54, 1.807) is 12.1 Å². The normalized spacial score (nSPS) is 11.6. The summed E-state index contributed by atoms with van der Waals surface area (Å²) in [4.78, 5) is 3.83. The molecule has 0 spiro atoms. The zero-order valence-corrected chi connectivity index (χ0v) is 7.88. The van der Waals surface area contributed by atoms with E-state index >= 15 is 0 Å². The van der Waals surface area contributed by atoms with Gasteiger partial charge in [0.2, 0.25) is 0 Å². The largest absolute Gasteiger partial charge is 0.388 e. The van der Waals surface area contributed by atoms with Crippen molar-refractivity contribution in [1.29, 1.82) is 10.5 Å². The van der Waals surface area contributed by atoms with E-state index in [2.05, 4.69) is 4.99 Å². The maximum Gasteiger partial charge on any atom is 0.174 e. The molecule has 1 rings (SSSR count). The zero-order valence-electron chi connectivity index (χ0n) is 7.88. The van der Waals surface area contributed by atoms with Crippen LogP contribution < -0.4 is 5.73 Å². The zero-order chi connectivity index (χ0) is 11.1. The van der Waals surface area contributed by atoms with Crippen LogP contribution in [0.5, 0.6) is 0 Å². The van der Waals surface area contributed by atoms with Gasteiger partial charge < -0.3 is 5.73 Å². The molecule has 1 aromatic carbocycles. The lowest BCUT2D eigenvalue weighted by Gasteiger charge is -1.91. The van der Waals surface area contributed by atoms with Crippen LogP contribution in [0.15, 0.2) is 46.7 Å². The molecule has 0 aliphatic heterocycles. The fraction of sp³-hybridized carbons (Fsp3) is 0. The van der Waals surface area contributed by atoms with Crippen LogP contribution in [-0.2, 0) is 0 Å². The summed E-state index contributed by atoms with van der Waals surface area (Å²) in [7, 11) is 0. The van der Waals surface area contributed by atoms with Crippen molar-refractivity contribution in [3.63, 3.8) is 0 Å². The topological polar surface area (TPSA) is 86.0 Å². The summed E-state index contributed by atoms with van der Waals surface area (Å²) in [6.07, 6.45) is 1.49. The molecule has 4 heteroatoms. The first kappa shape index (κ1) is 10.5. The molecule has 0 radical (unpaired) electrons. The van der Waals surface area contributed by atoms with Gasteiger partial charge in [-0.1, -0.05) is 30.3 Å². The van der Waals surface area contributed by atoms with Crippen molar-refractivity contribution in [2.24, 2.45) is 10.7 Å². The number of nitriles is 2. The molecule has 0 aliphatic rings. The van der Waals surface area contributed by atoms with Gasteiger partial charge in [0.1, 0.15) is 17.8 Å². The van der Waals surface area contributed by atoms with Gasteiger partial charge in [-0.15, -0.1) is 0 Å². The second-order valence-electron chi connectivity index (χ2n) is 2.65. The molecule has 4 nitrogen and oxygen atoms in total. The summed E-state index contributed by atoms with van der Waals surface area (Å²) in [5, 5.41) is 17.1. The van der Waals surface area contributed by atoms with Crippen molar-refractivity contribution in [3.05, 3.63) is 47.3 Å². The number of rotatable bonds is 2. The first-order chi connectivity index (χ1) is 7.27. The van der Waals surface area contributed by atoms with Crippen LogP contribution in [0, 0.1) is 22.7 Å². The number of allylic oxidation sites excluding steroid dienone is 2. The van der Waals surface area contributed by atoms with Gasteiger partial charge in [-0.2, -0.15) is 10.5 Å². The van der Waals surface area contributed by atoms with E-state index in [9.17, 15) is 0 Å². The third kappa shape index (κ3) is 2.98. The van der Waals surface area contributed by atoms with Crippen molar-refractivity contribution in [1.82, 2.24) is 0 Å². The van der Waals surface area contributed by atoms with Crippen LogP contribution in [0.1, 0.15) is 5.56 Å². The van der Waals surface area contributed by atoms with E-state index in [1.807, 2.05) is 30.3 Å². The lowest BCUT2D eigenvalue weighted by Crippen LogP contribution is -1.97. The summed E-state index contributed by atoms with van der Waals surface area (Å²) >= 11 is 0. The van der Waals surface area contributed by atoms with E-state index in [0.29, 0.717) is 0 Å². The molecule has 2 N–H and O–H groups in total. The molecule has 0 saturated carbocycles. The molecule has 0 unspecified atom stereocenters. The van der Waals surface area contributed by atoms with Gasteiger partial charge in [0.05, 0.1) is 0 Å². The van der Waals surface area contributed by atoms with E-state index in [4.69, 9.17) is 16.3 Å². The second-order valence-corrected chi connectivity index (χ2v) is 2.65. The molecule has 1 aromatic rings. The van der Waals surface area contributed by atoms with Gasteiger partial charge >= 0.3 is 0 Å². The molecule has 0 aliphatic carbocycles. The van der Waals surface area contributed by atoms with Crippen LogP contribution in [0.4, 0.5) is 0 Å². The minimum atomic E-state index is -0.176. The Morgan fingerprint density at radius 3 is 2.40 bits per heavy atom. The lowest BCUT2D eigenvalue weighted by atomic mass is 10.2. The smallest absolute Gasteiger partial charge is 0.174 e. The number of hydrogen-bond acceptors (Lipinski definition) is 4. The van der Waals surface area contributed by atoms with E-state index in [1.165, 1.54) is 6.21 Å². The lowest BCUT2D eigenvalue weighted by molar-refractivity contribution is 1.27. The molecular formula is C11H8N4.